The standard InChI is InChI=1S/C18H29N3/c1-21(2)15-8-5-7-14(13-15)20-18-10-4-3-9-16(18)17-11-6-12-19-17/h5,7-8,13,16-20H,3-4,6,9-12H2,1-2H3. The molecule has 3 atom stereocenters. The van der Waals surface area contributed by atoms with Gasteiger partial charge in [-0.3, -0.25) is 0 Å². The van der Waals surface area contributed by atoms with E-state index in [1.54, 1.807) is 0 Å². The predicted octanol–water partition coefficient (Wildman–Crippen LogP) is 3.48. The van der Waals surface area contributed by atoms with E-state index in [1.165, 1.54) is 56.4 Å². The number of rotatable bonds is 4. The van der Waals surface area contributed by atoms with Crippen molar-refractivity contribution in [2.45, 2.75) is 50.6 Å². The molecule has 2 aliphatic rings. The first-order valence-corrected chi connectivity index (χ1v) is 8.51. The van der Waals surface area contributed by atoms with E-state index in [9.17, 15) is 0 Å². The van der Waals surface area contributed by atoms with E-state index in [0.29, 0.717) is 6.04 Å². The van der Waals surface area contributed by atoms with E-state index in [2.05, 4.69) is 53.9 Å². The Morgan fingerprint density at radius 2 is 1.95 bits per heavy atom. The minimum Gasteiger partial charge on any atom is -0.382 e. The van der Waals surface area contributed by atoms with Crippen LogP contribution in [0.5, 0.6) is 0 Å². The van der Waals surface area contributed by atoms with Gasteiger partial charge in [0.25, 0.3) is 0 Å². The second-order valence-electron chi connectivity index (χ2n) is 6.85. The van der Waals surface area contributed by atoms with Crippen LogP contribution in [0.2, 0.25) is 0 Å². The van der Waals surface area contributed by atoms with Crippen molar-refractivity contribution in [1.29, 1.82) is 0 Å². The second kappa shape index (κ2) is 6.69. The first kappa shape index (κ1) is 14.7. The van der Waals surface area contributed by atoms with Crippen molar-refractivity contribution in [3.05, 3.63) is 24.3 Å². The van der Waals surface area contributed by atoms with Crippen LogP contribution >= 0.6 is 0 Å². The minimum absolute atomic E-state index is 0.631. The third-order valence-corrected chi connectivity index (χ3v) is 5.15. The summed E-state index contributed by atoms with van der Waals surface area (Å²) >= 11 is 0. The molecule has 1 aromatic rings. The minimum atomic E-state index is 0.631. The van der Waals surface area contributed by atoms with Gasteiger partial charge in [-0.25, -0.2) is 0 Å². The Morgan fingerprint density at radius 3 is 2.71 bits per heavy atom. The molecule has 1 heterocycles. The molecule has 0 radical (unpaired) electrons. The Hall–Kier alpha value is -1.22. The molecule has 2 fully saturated rings. The molecule has 1 aromatic carbocycles. The summed E-state index contributed by atoms with van der Waals surface area (Å²) in [7, 11) is 4.20. The zero-order valence-electron chi connectivity index (χ0n) is 13.4. The van der Waals surface area contributed by atoms with Crippen molar-refractivity contribution >= 4 is 11.4 Å². The maximum Gasteiger partial charge on any atom is 0.0381 e. The highest BCUT2D eigenvalue weighted by molar-refractivity contribution is 5.57. The van der Waals surface area contributed by atoms with Crippen molar-refractivity contribution in [1.82, 2.24) is 5.32 Å². The molecular formula is C18H29N3. The SMILES string of the molecule is CN(C)c1cccc(NC2CCCCC2C2CCCN2)c1. The highest BCUT2D eigenvalue weighted by Crippen LogP contribution is 2.33. The fourth-order valence-electron chi connectivity index (χ4n) is 3.99. The van der Waals surface area contributed by atoms with Gasteiger partial charge in [0, 0.05) is 37.6 Å². The fraction of sp³-hybridized carbons (Fsp3) is 0.667. The Balaban J connectivity index is 1.70. The third-order valence-electron chi connectivity index (χ3n) is 5.15. The van der Waals surface area contributed by atoms with Gasteiger partial charge >= 0.3 is 0 Å². The van der Waals surface area contributed by atoms with Gasteiger partial charge in [0.2, 0.25) is 0 Å². The topological polar surface area (TPSA) is 27.3 Å². The maximum atomic E-state index is 3.84. The number of hydrogen-bond acceptors (Lipinski definition) is 3. The van der Waals surface area contributed by atoms with E-state index in [-0.39, 0.29) is 0 Å². The molecule has 0 amide bonds. The van der Waals surface area contributed by atoms with Gasteiger partial charge in [-0.05, 0) is 56.3 Å². The van der Waals surface area contributed by atoms with Gasteiger partial charge in [-0.1, -0.05) is 18.9 Å². The van der Waals surface area contributed by atoms with Crippen molar-refractivity contribution in [2.75, 3.05) is 30.9 Å². The zero-order chi connectivity index (χ0) is 14.7. The van der Waals surface area contributed by atoms with Crippen LogP contribution in [0, 0.1) is 5.92 Å². The summed E-state index contributed by atoms with van der Waals surface area (Å²) in [5.41, 5.74) is 2.54. The van der Waals surface area contributed by atoms with Crippen LogP contribution in [0.15, 0.2) is 24.3 Å². The summed E-state index contributed by atoms with van der Waals surface area (Å²) in [4.78, 5) is 2.17. The predicted molar refractivity (Wildman–Crippen MR) is 91.2 cm³/mol. The molecule has 0 bridgehead atoms. The highest BCUT2D eigenvalue weighted by atomic mass is 15.1. The summed E-state index contributed by atoms with van der Waals surface area (Å²) in [5.74, 6) is 0.796. The fourth-order valence-corrected chi connectivity index (χ4v) is 3.99. The molecule has 0 aromatic heterocycles. The molecule has 3 unspecified atom stereocenters. The molecule has 3 heteroatoms. The molecule has 1 saturated carbocycles. The van der Waals surface area contributed by atoms with E-state index < -0.39 is 0 Å². The number of nitrogens with one attached hydrogen (secondary N) is 2. The average Bonchev–Trinajstić information content (AvgIpc) is 3.02. The van der Waals surface area contributed by atoms with Crippen LogP contribution in [0.25, 0.3) is 0 Å². The maximum absolute atomic E-state index is 3.84. The van der Waals surface area contributed by atoms with Crippen molar-refractivity contribution in [3.8, 4) is 0 Å². The van der Waals surface area contributed by atoms with Crippen molar-refractivity contribution in [2.24, 2.45) is 5.92 Å². The molecule has 116 valence electrons. The number of anilines is 2. The first-order chi connectivity index (χ1) is 10.2. The average molecular weight is 287 g/mol. The van der Waals surface area contributed by atoms with E-state index >= 15 is 0 Å². The highest BCUT2D eigenvalue weighted by Gasteiger charge is 2.33. The summed E-state index contributed by atoms with van der Waals surface area (Å²) in [5, 5.41) is 7.56. The van der Waals surface area contributed by atoms with Crippen LogP contribution in [-0.4, -0.2) is 32.7 Å². The lowest BCUT2D eigenvalue weighted by Crippen LogP contribution is -2.43. The summed E-state index contributed by atoms with van der Waals surface area (Å²) in [6.45, 7) is 1.21. The monoisotopic (exact) mass is 287 g/mol. The second-order valence-corrected chi connectivity index (χ2v) is 6.85. The van der Waals surface area contributed by atoms with E-state index in [4.69, 9.17) is 0 Å². The lowest BCUT2D eigenvalue weighted by Gasteiger charge is -2.37. The molecule has 0 spiro atoms. The van der Waals surface area contributed by atoms with Crippen molar-refractivity contribution in [3.63, 3.8) is 0 Å². The Morgan fingerprint density at radius 1 is 1.10 bits per heavy atom. The van der Waals surface area contributed by atoms with Gasteiger partial charge < -0.3 is 15.5 Å². The number of hydrogen-bond donors (Lipinski definition) is 2. The zero-order valence-corrected chi connectivity index (χ0v) is 13.4. The molecule has 1 saturated heterocycles. The van der Waals surface area contributed by atoms with E-state index in [1.807, 2.05) is 0 Å². The smallest absolute Gasteiger partial charge is 0.0381 e. The Labute approximate surface area is 129 Å². The number of nitrogens with zero attached hydrogens (tertiary/aromatic N) is 1. The molecular weight excluding hydrogens is 258 g/mol. The summed E-state index contributed by atoms with van der Waals surface area (Å²) in [6.07, 6.45) is 8.18. The van der Waals surface area contributed by atoms with Crippen LogP contribution < -0.4 is 15.5 Å². The van der Waals surface area contributed by atoms with Gasteiger partial charge in [0.1, 0.15) is 0 Å². The molecule has 1 aliphatic heterocycles. The molecule has 1 aliphatic carbocycles. The quantitative estimate of drug-likeness (QED) is 0.888. The normalized spacial score (nSPS) is 29.3. The first-order valence-electron chi connectivity index (χ1n) is 8.51. The van der Waals surface area contributed by atoms with Gasteiger partial charge in [0.15, 0.2) is 0 Å². The van der Waals surface area contributed by atoms with Crippen LogP contribution in [0.3, 0.4) is 0 Å². The molecule has 3 rings (SSSR count). The lowest BCUT2D eigenvalue weighted by molar-refractivity contribution is 0.263. The van der Waals surface area contributed by atoms with Crippen LogP contribution in [0.1, 0.15) is 38.5 Å². The van der Waals surface area contributed by atoms with E-state index in [0.717, 1.165) is 12.0 Å². The summed E-state index contributed by atoms with van der Waals surface area (Å²) < 4.78 is 0. The Bertz CT molecular complexity index is 452. The molecule has 21 heavy (non-hydrogen) atoms. The largest absolute Gasteiger partial charge is 0.382 e. The third kappa shape index (κ3) is 3.52. The Kier molecular flexibility index (Phi) is 4.69. The molecule has 3 nitrogen and oxygen atoms in total. The lowest BCUT2D eigenvalue weighted by atomic mass is 9.79. The molecule has 2 N–H and O–H groups in total. The summed E-state index contributed by atoms with van der Waals surface area (Å²) in [6, 6.07) is 10.2. The van der Waals surface area contributed by atoms with Crippen molar-refractivity contribution < 1.29 is 0 Å². The van der Waals surface area contributed by atoms with Gasteiger partial charge in [0.05, 0.1) is 0 Å². The van der Waals surface area contributed by atoms with Crippen LogP contribution in [-0.2, 0) is 0 Å². The van der Waals surface area contributed by atoms with Gasteiger partial charge in [-0.2, -0.15) is 0 Å². The van der Waals surface area contributed by atoms with Crippen LogP contribution in [0.4, 0.5) is 11.4 Å². The van der Waals surface area contributed by atoms with Gasteiger partial charge in [-0.15, -0.1) is 0 Å². The number of benzene rings is 1.